The molecule has 0 saturated carbocycles. The molecule has 0 aromatic heterocycles. The number of carboxylic acid groups (broad SMARTS) is 2. The van der Waals surface area contributed by atoms with Gasteiger partial charge >= 0.3 is 11.9 Å². The maximum Gasteiger partial charge on any atom is 0.335 e. The molecule has 0 aliphatic carbocycles. The van der Waals surface area contributed by atoms with E-state index in [0.717, 1.165) is 18.2 Å². The van der Waals surface area contributed by atoms with Crippen LogP contribution in [0.25, 0.3) is 0 Å². The minimum absolute atomic E-state index is 0.0615. The zero-order valence-electron chi connectivity index (χ0n) is 12.3. The first-order valence-electron chi connectivity index (χ1n) is 6.72. The van der Waals surface area contributed by atoms with E-state index in [1.54, 1.807) is 24.3 Å². The highest BCUT2D eigenvalue weighted by atomic mass is 31.2. The number of hydrogen-bond donors (Lipinski definition) is 5. The Morgan fingerprint density at radius 1 is 1.00 bits per heavy atom. The molecule has 126 valence electrons. The fourth-order valence-corrected chi connectivity index (χ4v) is 3.37. The number of nitrogen functional groups attached to an aromatic ring is 1. The lowest BCUT2D eigenvalue weighted by Crippen LogP contribution is -2.06. The minimum Gasteiger partial charge on any atom is -0.478 e. The van der Waals surface area contributed by atoms with Crippen LogP contribution in [0.1, 0.15) is 26.3 Å². The van der Waals surface area contributed by atoms with Gasteiger partial charge in [0.2, 0.25) is 0 Å². The van der Waals surface area contributed by atoms with Crippen molar-refractivity contribution in [1.82, 2.24) is 0 Å². The third kappa shape index (κ3) is 4.58. The first-order chi connectivity index (χ1) is 11.2. The first kappa shape index (κ1) is 17.5. The monoisotopic (exact) mass is 350 g/mol. The average Bonchev–Trinajstić information content (AvgIpc) is 2.48. The second kappa shape index (κ2) is 6.74. The van der Waals surface area contributed by atoms with E-state index in [2.05, 4.69) is 5.09 Å². The van der Waals surface area contributed by atoms with Crippen LogP contribution in [0.5, 0.6) is 0 Å². The summed E-state index contributed by atoms with van der Waals surface area (Å²) >= 11 is 0. The van der Waals surface area contributed by atoms with Gasteiger partial charge in [0.15, 0.2) is 0 Å². The van der Waals surface area contributed by atoms with Gasteiger partial charge in [0.25, 0.3) is 7.52 Å². The number of carbonyl (C=O) groups is 2. The van der Waals surface area contributed by atoms with Crippen LogP contribution in [0, 0.1) is 0 Å². The molecule has 1 unspecified atom stereocenters. The Labute approximate surface area is 137 Å². The summed E-state index contributed by atoms with van der Waals surface area (Å²) in [4.78, 5) is 32.2. The number of hydrogen-bond acceptors (Lipinski definition) is 4. The van der Waals surface area contributed by atoms with Gasteiger partial charge in [-0.15, -0.1) is 0 Å². The highest BCUT2D eigenvalue weighted by molar-refractivity contribution is 7.58. The topological polar surface area (TPSA) is 150 Å². The summed E-state index contributed by atoms with van der Waals surface area (Å²) in [5.41, 5.74) is 5.95. The minimum atomic E-state index is -3.93. The number of aromatic carboxylic acids is 2. The molecule has 6 N–H and O–H groups in total. The highest BCUT2D eigenvalue weighted by Crippen LogP contribution is 2.44. The fourth-order valence-electron chi connectivity index (χ4n) is 2.05. The number of benzene rings is 2. The van der Waals surface area contributed by atoms with Crippen molar-refractivity contribution in [3.63, 3.8) is 0 Å². The van der Waals surface area contributed by atoms with Crippen LogP contribution in [0.4, 0.5) is 11.4 Å². The van der Waals surface area contributed by atoms with E-state index >= 15 is 0 Å². The largest absolute Gasteiger partial charge is 0.478 e. The molecule has 9 heteroatoms. The molecule has 0 spiro atoms. The Kier molecular flexibility index (Phi) is 4.92. The molecule has 0 fully saturated rings. The molecule has 0 aliphatic rings. The van der Waals surface area contributed by atoms with Crippen LogP contribution in [-0.2, 0) is 10.7 Å². The van der Waals surface area contributed by atoms with Gasteiger partial charge in [0, 0.05) is 11.4 Å². The molecule has 2 aromatic rings. The lowest BCUT2D eigenvalue weighted by Gasteiger charge is -2.15. The molecule has 8 nitrogen and oxygen atoms in total. The number of carboxylic acids is 2. The molecule has 0 heterocycles. The van der Waals surface area contributed by atoms with Gasteiger partial charge in [-0.1, -0.05) is 12.1 Å². The van der Waals surface area contributed by atoms with Gasteiger partial charge in [-0.3, -0.25) is 4.57 Å². The van der Waals surface area contributed by atoms with E-state index in [1.807, 2.05) is 0 Å². The standard InChI is InChI=1S/C15H15N2O6P/c16-12-3-1-9(2-4-12)8-24(22,23)17-13-6-10(14(18)19)5-11(7-13)15(20)21/h1-7H,8,16H2,(H,18,19)(H,20,21)(H2,17,22,23). The Bertz CT molecular complexity index is 802. The van der Waals surface area contributed by atoms with Crippen molar-refractivity contribution in [3.05, 3.63) is 59.2 Å². The highest BCUT2D eigenvalue weighted by Gasteiger charge is 2.21. The predicted octanol–water partition coefficient (Wildman–Crippen LogP) is 2.46. The molecule has 1 atom stereocenters. The fraction of sp³-hybridized carbons (Fsp3) is 0.0667. The smallest absolute Gasteiger partial charge is 0.335 e. The van der Waals surface area contributed by atoms with Crippen molar-refractivity contribution in [1.29, 1.82) is 0 Å². The van der Waals surface area contributed by atoms with Crippen LogP contribution in [0.3, 0.4) is 0 Å². The maximum absolute atomic E-state index is 12.3. The Morgan fingerprint density at radius 3 is 1.96 bits per heavy atom. The molecule has 0 amide bonds. The van der Waals surface area contributed by atoms with Crippen LogP contribution >= 0.6 is 7.52 Å². The normalized spacial score (nSPS) is 13.0. The quantitative estimate of drug-likeness (QED) is 0.394. The van der Waals surface area contributed by atoms with Crippen LogP contribution < -0.4 is 10.8 Å². The lowest BCUT2D eigenvalue weighted by molar-refractivity contribution is 0.0696. The van der Waals surface area contributed by atoms with Gasteiger partial charge in [-0.25, -0.2) is 9.59 Å². The van der Waals surface area contributed by atoms with Crippen molar-refractivity contribution in [3.8, 4) is 0 Å². The van der Waals surface area contributed by atoms with E-state index in [-0.39, 0.29) is 23.0 Å². The number of anilines is 2. The Morgan fingerprint density at radius 2 is 1.50 bits per heavy atom. The first-order valence-corrected chi connectivity index (χ1v) is 8.57. The second-order valence-corrected chi connectivity index (χ2v) is 7.07. The van der Waals surface area contributed by atoms with Crippen molar-refractivity contribution in [2.45, 2.75) is 6.16 Å². The molecule has 0 bridgehead atoms. The van der Waals surface area contributed by atoms with Crippen molar-refractivity contribution in [2.24, 2.45) is 0 Å². The molecule has 0 saturated heterocycles. The van der Waals surface area contributed by atoms with Crippen molar-refractivity contribution in [2.75, 3.05) is 10.8 Å². The van der Waals surface area contributed by atoms with Gasteiger partial charge in [-0.2, -0.15) is 0 Å². The SMILES string of the molecule is Nc1ccc(CP(=O)(O)Nc2cc(C(=O)O)cc(C(=O)O)c2)cc1. The van der Waals surface area contributed by atoms with Crippen LogP contribution in [0.15, 0.2) is 42.5 Å². The Hall–Kier alpha value is -2.83. The van der Waals surface area contributed by atoms with Crippen molar-refractivity contribution >= 4 is 30.8 Å². The predicted molar refractivity (Wildman–Crippen MR) is 88.4 cm³/mol. The summed E-state index contributed by atoms with van der Waals surface area (Å²) in [5, 5.41) is 20.3. The second-order valence-electron chi connectivity index (χ2n) is 5.12. The third-order valence-corrected chi connectivity index (χ3v) is 4.51. The lowest BCUT2D eigenvalue weighted by atomic mass is 10.1. The van der Waals surface area contributed by atoms with Gasteiger partial charge in [-0.05, 0) is 35.9 Å². The van der Waals surface area contributed by atoms with E-state index in [9.17, 15) is 19.0 Å². The van der Waals surface area contributed by atoms with Crippen molar-refractivity contribution < 1.29 is 29.3 Å². The van der Waals surface area contributed by atoms with Gasteiger partial charge in [0.05, 0.1) is 17.3 Å². The van der Waals surface area contributed by atoms with E-state index < -0.39 is 19.5 Å². The van der Waals surface area contributed by atoms with Crippen LogP contribution in [-0.4, -0.2) is 27.0 Å². The molecule has 24 heavy (non-hydrogen) atoms. The molecule has 0 radical (unpaired) electrons. The summed E-state index contributed by atoms with van der Waals surface area (Å²) < 4.78 is 12.3. The zero-order valence-corrected chi connectivity index (χ0v) is 13.2. The average molecular weight is 350 g/mol. The zero-order chi connectivity index (χ0) is 17.9. The molecular weight excluding hydrogens is 335 g/mol. The van der Waals surface area contributed by atoms with E-state index in [4.69, 9.17) is 15.9 Å². The number of nitrogens with two attached hydrogens (primary N) is 1. The molecular formula is C15H15N2O6P. The number of nitrogens with one attached hydrogen (secondary N) is 1. The number of rotatable bonds is 6. The van der Waals surface area contributed by atoms with Crippen LogP contribution in [0.2, 0.25) is 0 Å². The van der Waals surface area contributed by atoms with E-state index in [0.29, 0.717) is 11.3 Å². The van der Waals surface area contributed by atoms with Gasteiger partial charge in [0.1, 0.15) is 0 Å². The Balaban J connectivity index is 2.27. The molecule has 0 aliphatic heterocycles. The summed E-state index contributed by atoms with van der Waals surface area (Å²) in [5.74, 6) is -2.68. The molecule has 2 aromatic carbocycles. The summed E-state index contributed by atoms with van der Waals surface area (Å²) in [6, 6.07) is 9.53. The van der Waals surface area contributed by atoms with E-state index in [1.165, 1.54) is 0 Å². The summed E-state index contributed by atoms with van der Waals surface area (Å²) in [6.45, 7) is 0. The summed E-state index contributed by atoms with van der Waals surface area (Å²) in [6.07, 6.45) is -0.229. The molecule has 2 rings (SSSR count). The summed E-state index contributed by atoms with van der Waals surface area (Å²) in [7, 11) is -3.93. The van der Waals surface area contributed by atoms with Gasteiger partial charge < -0.3 is 25.9 Å². The third-order valence-electron chi connectivity index (χ3n) is 3.11. The maximum atomic E-state index is 12.3.